The fourth-order valence-electron chi connectivity index (χ4n) is 2.77. The van der Waals surface area contributed by atoms with Gasteiger partial charge in [-0.05, 0) is 69.0 Å². The van der Waals surface area contributed by atoms with Crippen molar-refractivity contribution in [2.45, 2.75) is 34.6 Å². The Morgan fingerprint density at radius 1 is 1.00 bits per heavy atom. The van der Waals surface area contributed by atoms with E-state index in [0.29, 0.717) is 5.13 Å². The zero-order chi connectivity index (χ0) is 19.6. The summed E-state index contributed by atoms with van der Waals surface area (Å²) in [7, 11) is 0. The van der Waals surface area contributed by atoms with Crippen molar-refractivity contribution in [3.05, 3.63) is 63.5 Å². The van der Waals surface area contributed by atoms with Crippen LogP contribution in [0.4, 0.5) is 5.13 Å². The molecule has 1 N–H and O–H groups in total. The number of rotatable bonds is 5. The highest BCUT2D eigenvalue weighted by atomic mass is 32.1. The Hall–Kier alpha value is -2.66. The van der Waals surface area contributed by atoms with Gasteiger partial charge in [-0.3, -0.25) is 10.1 Å². The molecule has 0 fully saturated rings. The molecular weight excluding hydrogens is 356 g/mol. The minimum atomic E-state index is -0.212. The third-order valence-corrected chi connectivity index (χ3v) is 5.41. The van der Waals surface area contributed by atoms with Crippen molar-refractivity contribution in [1.82, 2.24) is 4.98 Å². The molecule has 5 heteroatoms. The number of carbonyl (C=O) groups is 1. The van der Waals surface area contributed by atoms with Gasteiger partial charge in [-0.15, -0.1) is 11.3 Å². The number of nitrogens with one attached hydrogen (secondary N) is 1. The van der Waals surface area contributed by atoms with E-state index >= 15 is 0 Å². The van der Waals surface area contributed by atoms with Crippen LogP contribution in [-0.4, -0.2) is 17.5 Å². The van der Waals surface area contributed by atoms with E-state index in [0.717, 1.165) is 33.0 Å². The van der Waals surface area contributed by atoms with E-state index in [4.69, 9.17) is 4.74 Å². The number of aryl methyl sites for hydroxylation is 5. The molecule has 2 aromatic carbocycles. The first kappa shape index (κ1) is 19.1. The van der Waals surface area contributed by atoms with Crippen LogP contribution < -0.4 is 10.1 Å². The van der Waals surface area contributed by atoms with Gasteiger partial charge in [0, 0.05) is 10.4 Å². The van der Waals surface area contributed by atoms with E-state index in [-0.39, 0.29) is 12.5 Å². The van der Waals surface area contributed by atoms with Crippen molar-refractivity contribution in [2.75, 3.05) is 11.9 Å². The summed E-state index contributed by atoms with van der Waals surface area (Å²) in [5.41, 5.74) is 6.57. The van der Waals surface area contributed by atoms with Crippen molar-refractivity contribution in [3.8, 4) is 17.0 Å². The van der Waals surface area contributed by atoms with Gasteiger partial charge >= 0.3 is 0 Å². The van der Waals surface area contributed by atoms with Gasteiger partial charge in [0.15, 0.2) is 11.7 Å². The highest BCUT2D eigenvalue weighted by molar-refractivity contribution is 7.16. The van der Waals surface area contributed by atoms with Crippen LogP contribution in [-0.2, 0) is 4.79 Å². The molecule has 0 radical (unpaired) electrons. The number of thiazole rings is 1. The second-order valence-electron chi connectivity index (χ2n) is 6.83. The lowest BCUT2D eigenvalue weighted by Gasteiger charge is -2.09. The fourth-order valence-corrected chi connectivity index (χ4v) is 3.62. The zero-order valence-electron chi connectivity index (χ0n) is 16.3. The number of hydrogen-bond donors (Lipinski definition) is 1. The third-order valence-electron chi connectivity index (χ3n) is 4.53. The number of aromatic nitrogens is 1. The Morgan fingerprint density at radius 3 is 2.48 bits per heavy atom. The summed E-state index contributed by atoms with van der Waals surface area (Å²) in [6, 6.07) is 12.2. The van der Waals surface area contributed by atoms with E-state index in [9.17, 15) is 4.79 Å². The summed E-state index contributed by atoms with van der Waals surface area (Å²) in [5, 5.41) is 3.44. The predicted octanol–water partition coefficient (Wildman–Crippen LogP) is 5.37. The number of nitrogens with zero attached hydrogens (tertiary/aromatic N) is 1. The summed E-state index contributed by atoms with van der Waals surface area (Å²) < 4.78 is 5.67. The molecule has 27 heavy (non-hydrogen) atoms. The number of benzene rings is 2. The molecule has 1 aromatic heterocycles. The highest BCUT2D eigenvalue weighted by Crippen LogP contribution is 2.31. The van der Waals surface area contributed by atoms with Gasteiger partial charge in [-0.25, -0.2) is 4.98 Å². The maximum Gasteiger partial charge on any atom is 0.264 e. The maximum absolute atomic E-state index is 12.3. The van der Waals surface area contributed by atoms with Crippen LogP contribution in [0.3, 0.4) is 0 Å². The van der Waals surface area contributed by atoms with Crippen molar-refractivity contribution < 1.29 is 9.53 Å². The van der Waals surface area contributed by atoms with E-state index < -0.39 is 0 Å². The van der Waals surface area contributed by atoms with Gasteiger partial charge in [0.2, 0.25) is 0 Å². The summed E-state index contributed by atoms with van der Waals surface area (Å²) in [4.78, 5) is 18.0. The Kier molecular flexibility index (Phi) is 5.61. The molecule has 1 amide bonds. The molecule has 0 spiro atoms. The van der Waals surface area contributed by atoms with E-state index in [2.05, 4.69) is 42.3 Å². The summed E-state index contributed by atoms with van der Waals surface area (Å²) in [6.45, 7) is 10.1. The Morgan fingerprint density at radius 2 is 1.74 bits per heavy atom. The molecule has 0 atom stereocenters. The number of hydrogen-bond acceptors (Lipinski definition) is 4. The molecule has 0 saturated heterocycles. The number of carbonyl (C=O) groups excluding carboxylic acids is 1. The Labute approximate surface area is 164 Å². The maximum atomic E-state index is 12.3. The van der Waals surface area contributed by atoms with E-state index in [1.165, 1.54) is 22.5 Å². The topological polar surface area (TPSA) is 51.2 Å². The smallest absolute Gasteiger partial charge is 0.264 e. The lowest BCUT2D eigenvalue weighted by Crippen LogP contribution is -2.20. The molecule has 0 unspecified atom stereocenters. The van der Waals surface area contributed by atoms with Crippen LogP contribution in [0.2, 0.25) is 0 Å². The largest absolute Gasteiger partial charge is 0.483 e. The average Bonchev–Trinajstić information content (AvgIpc) is 2.98. The molecular formula is C22H24N2O2S. The number of amides is 1. The normalized spacial score (nSPS) is 10.7. The molecule has 1 heterocycles. The summed E-state index contributed by atoms with van der Waals surface area (Å²) in [6.07, 6.45) is 0. The first-order valence-corrected chi connectivity index (χ1v) is 9.70. The summed E-state index contributed by atoms with van der Waals surface area (Å²) in [5.74, 6) is 0.521. The second-order valence-corrected chi connectivity index (χ2v) is 8.03. The van der Waals surface area contributed by atoms with Crippen LogP contribution >= 0.6 is 11.3 Å². The molecule has 3 aromatic rings. The third kappa shape index (κ3) is 4.55. The molecule has 0 aliphatic heterocycles. The van der Waals surface area contributed by atoms with Gasteiger partial charge in [0.1, 0.15) is 5.75 Å². The van der Waals surface area contributed by atoms with Crippen LogP contribution in [0.5, 0.6) is 5.75 Å². The van der Waals surface area contributed by atoms with Crippen molar-refractivity contribution >= 4 is 22.4 Å². The number of ether oxygens (including phenoxy) is 1. The minimum absolute atomic E-state index is 0.0398. The van der Waals surface area contributed by atoms with E-state index in [1.54, 1.807) is 0 Å². The molecule has 0 aliphatic carbocycles. The molecule has 0 aliphatic rings. The van der Waals surface area contributed by atoms with Gasteiger partial charge in [0.05, 0.1) is 5.69 Å². The molecule has 4 nitrogen and oxygen atoms in total. The summed E-state index contributed by atoms with van der Waals surface area (Å²) >= 11 is 1.48. The molecule has 140 valence electrons. The van der Waals surface area contributed by atoms with Crippen LogP contribution in [0.15, 0.2) is 36.4 Å². The molecule has 3 rings (SSSR count). The highest BCUT2D eigenvalue weighted by Gasteiger charge is 2.13. The van der Waals surface area contributed by atoms with Gasteiger partial charge in [0.25, 0.3) is 5.91 Å². The molecule has 0 saturated carbocycles. The quantitative estimate of drug-likeness (QED) is 0.647. The van der Waals surface area contributed by atoms with Crippen LogP contribution in [0.25, 0.3) is 11.3 Å². The minimum Gasteiger partial charge on any atom is -0.483 e. The predicted molar refractivity (Wildman–Crippen MR) is 112 cm³/mol. The van der Waals surface area contributed by atoms with Crippen LogP contribution in [0.1, 0.15) is 27.1 Å². The van der Waals surface area contributed by atoms with Gasteiger partial charge in [-0.2, -0.15) is 0 Å². The van der Waals surface area contributed by atoms with Gasteiger partial charge in [-0.1, -0.05) is 24.3 Å². The van der Waals surface area contributed by atoms with Crippen molar-refractivity contribution in [2.24, 2.45) is 0 Å². The lowest BCUT2D eigenvalue weighted by atomic mass is 10.0. The molecule has 0 bridgehead atoms. The fraction of sp³-hybridized carbons (Fsp3) is 0.273. The Balaban J connectivity index is 1.68. The van der Waals surface area contributed by atoms with Crippen molar-refractivity contribution in [1.29, 1.82) is 0 Å². The monoisotopic (exact) mass is 380 g/mol. The SMILES string of the molecule is Cc1ccc(C)c(OCC(=O)Nc2nc(-c3ccc(C)c(C)c3)c(C)s2)c1. The standard InChI is InChI=1S/C22H24N2O2S/c1-13-6-7-15(3)19(10-13)26-12-20(25)23-22-24-21(17(5)27-22)18-9-8-14(2)16(4)11-18/h6-11H,12H2,1-5H3,(H,23,24,25). The zero-order valence-corrected chi connectivity index (χ0v) is 17.2. The lowest BCUT2D eigenvalue weighted by molar-refractivity contribution is -0.118. The van der Waals surface area contributed by atoms with E-state index in [1.807, 2.05) is 39.0 Å². The second kappa shape index (κ2) is 7.92. The first-order valence-electron chi connectivity index (χ1n) is 8.88. The van der Waals surface area contributed by atoms with Crippen molar-refractivity contribution in [3.63, 3.8) is 0 Å². The first-order chi connectivity index (χ1) is 12.8. The average molecular weight is 381 g/mol. The van der Waals surface area contributed by atoms with Crippen LogP contribution in [0, 0.1) is 34.6 Å². The van der Waals surface area contributed by atoms with Gasteiger partial charge < -0.3 is 4.74 Å². The Bertz CT molecular complexity index is 992. The number of anilines is 1.